The smallest absolute Gasteiger partial charge is 0.222 e. The summed E-state index contributed by atoms with van der Waals surface area (Å²) in [5.41, 5.74) is 2.00. The van der Waals surface area contributed by atoms with Crippen LogP contribution in [0.15, 0.2) is 23.2 Å². The van der Waals surface area contributed by atoms with Crippen LogP contribution >= 0.6 is 11.6 Å². The molecule has 2 saturated carbocycles. The van der Waals surface area contributed by atoms with E-state index in [0.717, 1.165) is 54.5 Å². The molecular formula is C24H31ClN4O. The number of nitrogens with zero attached hydrogens (tertiary/aromatic N) is 2. The van der Waals surface area contributed by atoms with Gasteiger partial charge in [-0.05, 0) is 68.6 Å². The largest absolute Gasteiger partial charge is 0.371 e. The van der Waals surface area contributed by atoms with Crippen molar-refractivity contribution < 1.29 is 4.79 Å². The minimum Gasteiger partial charge on any atom is -0.371 e. The Morgan fingerprint density at radius 2 is 1.83 bits per heavy atom. The first-order valence-electron chi connectivity index (χ1n) is 11.8. The fourth-order valence-corrected chi connectivity index (χ4v) is 7.17. The van der Waals surface area contributed by atoms with E-state index in [1.807, 2.05) is 12.1 Å². The fourth-order valence-electron chi connectivity index (χ4n) is 6.99. The van der Waals surface area contributed by atoms with Crippen molar-refractivity contribution in [3.05, 3.63) is 23.2 Å². The molecule has 2 aliphatic carbocycles. The van der Waals surface area contributed by atoms with Crippen LogP contribution in [0.1, 0.15) is 64.2 Å². The van der Waals surface area contributed by atoms with Crippen molar-refractivity contribution in [1.82, 2.24) is 4.90 Å². The Hall–Kier alpha value is -1.75. The van der Waals surface area contributed by atoms with Crippen molar-refractivity contribution in [2.24, 2.45) is 16.8 Å². The Labute approximate surface area is 183 Å². The molecule has 4 atom stereocenters. The molecule has 4 fully saturated rings. The van der Waals surface area contributed by atoms with Crippen LogP contribution in [-0.2, 0) is 4.79 Å². The number of halogens is 1. The second kappa shape index (κ2) is 7.15. The average molecular weight is 427 g/mol. The van der Waals surface area contributed by atoms with Gasteiger partial charge in [-0.2, -0.15) is 0 Å². The maximum atomic E-state index is 12.5. The Bertz CT molecular complexity index is 895. The number of hydrogen-bond acceptors (Lipinski definition) is 3. The summed E-state index contributed by atoms with van der Waals surface area (Å²) < 4.78 is 0. The number of aliphatic imine (C=N–C) groups is 1. The van der Waals surface area contributed by atoms with Crippen molar-refractivity contribution in [2.45, 2.75) is 81.8 Å². The molecule has 1 spiro atoms. The molecule has 5 aliphatic rings. The zero-order valence-corrected chi connectivity index (χ0v) is 18.3. The van der Waals surface area contributed by atoms with E-state index in [4.69, 9.17) is 16.6 Å². The number of benzene rings is 1. The topological polar surface area (TPSA) is 56.7 Å². The van der Waals surface area contributed by atoms with Crippen molar-refractivity contribution in [3.8, 4) is 0 Å². The molecule has 6 rings (SSSR count). The van der Waals surface area contributed by atoms with Crippen molar-refractivity contribution >= 4 is 34.7 Å². The van der Waals surface area contributed by atoms with Crippen LogP contribution in [-0.4, -0.2) is 40.8 Å². The summed E-state index contributed by atoms with van der Waals surface area (Å²) >= 11 is 6.34. The number of hydrogen-bond donors (Lipinski definition) is 2. The van der Waals surface area contributed by atoms with Gasteiger partial charge in [-0.1, -0.05) is 30.9 Å². The molecule has 3 heterocycles. The molecule has 5 nitrogen and oxygen atoms in total. The van der Waals surface area contributed by atoms with Crippen LogP contribution in [0, 0.1) is 11.8 Å². The van der Waals surface area contributed by atoms with E-state index in [9.17, 15) is 4.79 Å². The lowest BCUT2D eigenvalue weighted by molar-refractivity contribution is -0.138. The normalized spacial score (nSPS) is 37.0. The number of nitrogens with one attached hydrogen (secondary N) is 2. The van der Waals surface area contributed by atoms with Gasteiger partial charge in [0.2, 0.25) is 5.91 Å². The van der Waals surface area contributed by atoms with Gasteiger partial charge in [0.25, 0.3) is 0 Å². The number of carbonyl (C=O) groups is 1. The Kier molecular flexibility index (Phi) is 4.52. The summed E-state index contributed by atoms with van der Waals surface area (Å²) in [4.78, 5) is 20.0. The highest BCUT2D eigenvalue weighted by Crippen LogP contribution is 2.51. The van der Waals surface area contributed by atoms with Crippen LogP contribution in [0.4, 0.5) is 11.4 Å². The number of carbonyl (C=O) groups excluding carboxylic acids is 1. The van der Waals surface area contributed by atoms with Gasteiger partial charge in [0.15, 0.2) is 0 Å². The monoisotopic (exact) mass is 426 g/mol. The molecule has 2 N–H and O–H groups in total. The van der Waals surface area contributed by atoms with Crippen LogP contribution in [0.3, 0.4) is 0 Å². The zero-order valence-electron chi connectivity index (χ0n) is 17.5. The molecule has 0 radical (unpaired) electrons. The van der Waals surface area contributed by atoms with E-state index in [1.165, 1.54) is 32.1 Å². The standard InChI is InChI=1S/C24H31ClN4O/c25-17-7-8-19-20(12-17)28-24(23(27-19)26-18-4-2-1-3-5-18)13-15-6-9-21(30)29-11-10-16(14-24)22(15)29/h7-8,12,15-16,18,22,28H,1-6,9-11,13-14H2,(H,26,27)/t15-,16+,22-,24?/m1/s1. The molecule has 0 aromatic heterocycles. The Morgan fingerprint density at radius 1 is 1.03 bits per heavy atom. The molecule has 2 saturated heterocycles. The van der Waals surface area contributed by atoms with Gasteiger partial charge in [0, 0.05) is 24.0 Å². The predicted molar refractivity (Wildman–Crippen MR) is 121 cm³/mol. The Morgan fingerprint density at radius 3 is 2.67 bits per heavy atom. The van der Waals surface area contributed by atoms with Gasteiger partial charge >= 0.3 is 0 Å². The lowest BCUT2D eigenvalue weighted by Gasteiger charge is -2.53. The summed E-state index contributed by atoms with van der Waals surface area (Å²) in [6.07, 6.45) is 11.2. The second-order valence-corrected chi connectivity index (χ2v) is 10.6. The summed E-state index contributed by atoms with van der Waals surface area (Å²) in [6, 6.07) is 6.93. The fraction of sp³-hybridized carbons (Fsp3) is 0.667. The highest BCUT2D eigenvalue weighted by molar-refractivity contribution is 6.31. The molecule has 30 heavy (non-hydrogen) atoms. The first-order chi connectivity index (χ1) is 14.6. The van der Waals surface area contributed by atoms with Gasteiger partial charge in [-0.3, -0.25) is 9.79 Å². The molecule has 160 valence electrons. The Balaban J connectivity index is 1.39. The van der Waals surface area contributed by atoms with Crippen LogP contribution in [0.5, 0.6) is 0 Å². The van der Waals surface area contributed by atoms with Crippen molar-refractivity contribution in [2.75, 3.05) is 17.2 Å². The van der Waals surface area contributed by atoms with E-state index in [0.29, 0.717) is 36.2 Å². The van der Waals surface area contributed by atoms with Gasteiger partial charge < -0.3 is 15.5 Å². The molecule has 6 heteroatoms. The summed E-state index contributed by atoms with van der Waals surface area (Å²) in [7, 11) is 0. The predicted octanol–water partition coefficient (Wildman–Crippen LogP) is 5.07. The molecular weight excluding hydrogens is 396 g/mol. The maximum absolute atomic E-state index is 12.5. The summed E-state index contributed by atoms with van der Waals surface area (Å²) in [5, 5.41) is 8.44. The van der Waals surface area contributed by atoms with Crippen LogP contribution in [0.25, 0.3) is 0 Å². The van der Waals surface area contributed by atoms with Gasteiger partial charge in [0.1, 0.15) is 5.84 Å². The summed E-state index contributed by atoms with van der Waals surface area (Å²) in [5.74, 6) is 2.62. The maximum Gasteiger partial charge on any atom is 0.222 e. The first kappa shape index (κ1) is 19.0. The number of piperidine rings is 1. The quantitative estimate of drug-likeness (QED) is 0.659. The zero-order chi connectivity index (χ0) is 20.3. The van der Waals surface area contributed by atoms with Gasteiger partial charge in [0.05, 0.1) is 23.0 Å². The molecule has 1 aromatic carbocycles. The van der Waals surface area contributed by atoms with Gasteiger partial charge in [-0.15, -0.1) is 0 Å². The molecule has 3 aliphatic heterocycles. The van der Waals surface area contributed by atoms with Crippen molar-refractivity contribution in [1.29, 1.82) is 0 Å². The second-order valence-electron chi connectivity index (χ2n) is 10.1. The van der Waals surface area contributed by atoms with E-state index < -0.39 is 0 Å². The first-order valence-corrected chi connectivity index (χ1v) is 12.2. The van der Waals surface area contributed by atoms with E-state index in [1.54, 1.807) is 0 Å². The number of anilines is 2. The van der Waals surface area contributed by atoms with E-state index in [-0.39, 0.29) is 5.54 Å². The highest BCUT2D eigenvalue weighted by atomic mass is 35.5. The lowest BCUT2D eigenvalue weighted by atomic mass is 9.64. The SMILES string of the molecule is O=C1CC[C@@H]2CC3(C[C@@H]4CCN1[C@H]24)Nc1cc(Cl)ccc1NC3=NC1CCCCC1. The van der Waals surface area contributed by atoms with E-state index >= 15 is 0 Å². The molecule has 1 unspecified atom stereocenters. The van der Waals surface area contributed by atoms with E-state index in [2.05, 4.69) is 21.6 Å². The van der Waals surface area contributed by atoms with Crippen molar-refractivity contribution in [3.63, 3.8) is 0 Å². The number of rotatable bonds is 1. The molecule has 1 aromatic rings. The minimum atomic E-state index is -0.169. The average Bonchev–Trinajstić information content (AvgIpc) is 3.17. The summed E-state index contributed by atoms with van der Waals surface area (Å²) in [6.45, 7) is 0.936. The van der Waals surface area contributed by atoms with Gasteiger partial charge in [-0.25, -0.2) is 0 Å². The third-order valence-corrected chi connectivity index (χ3v) is 8.52. The number of amides is 1. The number of fused-ring (bicyclic) bond motifs is 1. The molecule has 0 bridgehead atoms. The van der Waals surface area contributed by atoms with Crippen LogP contribution in [0.2, 0.25) is 5.02 Å². The highest BCUT2D eigenvalue weighted by Gasteiger charge is 2.56. The number of amidine groups is 1. The minimum absolute atomic E-state index is 0.169. The third-order valence-electron chi connectivity index (χ3n) is 8.29. The third kappa shape index (κ3) is 3.04. The lowest BCUT2D eigenvalue weighted by Crippen LogP contribution is -2.62. The van der Waals surface area contributed by atoms with Crippen LogP contribution < -0.4 is 10.6 Å². The molecule has 1 amide bonds.